The number of ether oxygens (including phenoxy) is 2. The van der Waals surface area contributed by atoms with Gasteiger partial charge < -0.3 is 29.7 Å². The van der Waals surface area contributed by atoms with Crippen LogP contribution in [-0.4, -0.2) is 96.6 Å². The number of fused-ring (bicyclic) bond motifs is 2. The predicted octanol–water partition coefficient (Wildman–Crippen LogP) is 3.55. The number of likely N-dealkylation sites (tertiary alicyclic amines) is 1. The fourth-order valence-corrected chi connectivity index (χ4v) is 8.29. The molecular formula is C39H48N6O7. The molecule has 0 aliphatic carbocycles. The number of aliphatic hydroxyl groups excluding tert-OH is 1. The Labute approximate surface area is 303 Å². The number of hydrogen-bond donors (Lipinski definition) is 2. The maximum atomic E-state index is 14.9. The molecule has 3 amide bonds. The van der Waals surface area contributed by atoms with Gasteiger partial charge in [-0.05, 0) is 49.8 Å². The Morgan fingerprint density at radius 2 is 1.85 bits per heavy atom. The van der Waals surface area contributed by atoms with Gasteiger partial charge in [0.05, 0.1) is 42.1 Å². The smallest absolute Gasteiger partial charge is 0.313 e. The van der Waals surface area contributed by atoms with Crippen molar-refractivity contribution in [3.05, 3.63) is 85.5 Å². The molecule has 0 unspecified atom stereocenters. The first-order valence-electron chi connectivity index (χ1n) is 18.0. The number of esters is 1. The van der Waals surface area contributed by atoms with Gasteiger partial charge in [0, 0.05) is 13.0 Å². The highest BCUT2D eigenvalue weighted by Gasteiger charge is 2.76. The molecule has 3 aliphatic heterocycles. The van der Waals surface area contributed by atoms with Crippen molar-refractivity contribution in [3.63, 3.8) is 0 Å². The van der Waals surface area contributed by atoms with Crippen molar-refractivity contribution in [1.29, 1.82) is 0 Å². The van der Waals surface area contributed by atoms with Gasteiger partial charge in [-0.15, -0.1) is 18.3 Å². The van der Waals surface area contributed by atoms with Gasteiger partial charge in [0.25, 0.3) is 0 Å². The number of para-hydroxylation sites is 1. The molecule has 13 heteroatoms. The molecule has 3 aliphatic rings. The van der Waals surface area contributed by atoms with Crippen molar-refractivity contribution in [2.75, 3.05) is 13.2 Å². The zero-order valence-corrected chi connectivity index (χ0v) is 30.0. The molecule has 8 atom stereocenters. The van der Waals surface area contributed by atoms with Crippen LogP contribution in [-0.2, 0) is 35.3 Å². The number of rotatable bonds is 16. The summed E-state index contributed by atoms with van der Waals surface area (Å²) in [5, 5.41) is 22.1. The molecule has 0 radical (unpaired) electrons. The number of nitrogens with zero attached hydrogens (tertiary/aromatic N) is 5. The van der Waals surface area contributed by atoms with Crippen molar-refractivity contribution in [1.82, 2.24) is 30.1 Å². The van der Waals surface area contributed by atoms with E-state index in [0.29, 0.717) is 30.3 Å². The van der Waals surface area contributed by atoms with Crippen LogP contribution in [0.15, 0.2) is 79.9 Å². The number of hydrogen-bond acceptors (Lipinski definition) is 9. The zero-order chi connectivity index (χ0) is 37.2. The Hall–Kier alpha value is -4.88. The summed E-state index contributed by atoms with van der Waals surface area (Å²) in [5.41, 5.74) is 0.750. The first-order chi connectivity index (χ1) is 25.1. The lowest BCUT2D eigenvalue weighted by Gasteiger charge is -2.40. The lowest BCUT2D eigenvalue weighted by Crippen LogP contribution is -2.59. The molecule has 4 heterocycles. The molecule has 3 aromatic rings. The highest BCUT2D eigenvalue weighted by molar-refractivity contribution is 5.98. The Balaban J connectivity index is 1.34. The van der Waals surface area contributed by atoms with E-state index in [1.165, 1.54) is 4.90 Å². The average Bonchev–Trinajstić information content (AvgIpc) is 3.89. The van der Waals surface area contributed by atoms with E-state index in [1.54, 1.807) is 28.7 Å². The van der Waals surface area contributed by atoms with Crippen LogP contribution < -0.4 is 5.32 Å². The highest BCUT2D eigenvalue weighted by atomic mass is 16.6. The highest BCUT2D eigenvalue weighted by Crippen LogP contribution is 2.59. The van der Waals surface area contributed by atoms with Crippen molar-refractivity contribution in [2.24, 2.45) is 17.8 Å². The number of aliphatic hydroxyl groups is 1. The molecule has 1 spiro atoms. The van der Waals surface area contributed by atoms with Crippen LogP contribution in [0.2, 0.25) is 0 Å². The van der Waals surface area contributed by atoms with E-state index in [1.807, 2.05) is 68.4 Å². The van der Waals surface area contributed by atoms with Gasteiger partial charge in [-0.1, -0.05) is 73.7 Å². The number of carbonyl (C=O) groups is 4. The van der Waals surface area contributed by atoms with Crippen LogP contribution in [0.5, 0.6) is 0 Å². The Morgan fingerprint density at radius 1 is 1.12 bits per heavy atom. The molecule has 2 bridgehead atoms. The number of aromatic nitrogens is 3. The van der Waals surface area contributed by atoms with E-state index in [4.69, 9.17) is 9.47 Å². The van der Waals surface area contributed by atoms with Gasteiger partial charge in [-0.3, -0.25) is 19.2 Å². The second-order valence-corrected chi connectivity index (χ2v) is 14.3. The summed E-state index contributed by atoms with van der Waals surface area (Å²) in [4.78, 5) is 59.8. The maximum Gasteiger partial charge on any atom is 0.313 e. The zero-order valence-electron chi connectivity index (χ0n) is 30.0. The van der Waals surface area contributed by atoms with E-state index in [2.05, 4.69) is 28.8 Å². The molecular weight excluding hydrogens is 664 g/mol. The normalized spacial score (nSPS) is 25.1. The van der Waals surface area contributed by atoms with Crippen molar-refractivity contribution < 1.29 is 33.8 Å². The molecule has 2 N–H and O–H groups in total. The molecule has 52 heavy (non-hydrogen) atoms. The number of nitrogens with one attached hydrogen (secondary N) is 1. The third-order valence-electron chi connectivity index (χ3n) is 10.7. The Morgan fingerprint density at radius 3 is 2.54 bits per heavy atom. The van der Waals surface area contributed by atoms with Crippen molar-refractivity contribution in [2.45, 2.75) is 89.1 Å². The molecule has 0 saturated carbocycles. The maximum absolute atomic E-state index is 14.9. The third-order valence-corrected chi connectivity index (χ3v) is 10.7. The number of amides is 3. The molecule has 3 fully saturated rings. The standard InChI is InChI=1S/C39H48N6O7/c1-6-8-18-31(47)40-25(5)34(26-14-10-9-11-15-26)51-38(50)32-30-19-20-39(52-30)33(32)36(48)45(29(22-46)24(3)4)35(39)37(49)43(21-7-2)23-44-28-17-13-12-16-27(28)41-42-44/h6-7,9-17,24-25,29-30,32-35,46H,1-2,8,18-23H2,3-5H3,(H,40,47)/t25-,29+,30-,32+,33+,34-,35-,39+/m1/s1. The molecule has 2 aromatic carbocycles. The number of allylic oxidation sites excluding steroid dienone is 1. The summed E-state index contributed by atoms with van der Waals surface area (Å²) in [6.07, 6.45) is 3.30. The quantitative estimate of drug-likeness (QED) is 0.168. The molecule has 6 rings (SSSR count). The SMILES string of the molecule is C=CCCC(=O)N[C@H](C)[C@@H](OC(=O)[C@@H]1[C@H]2C(=O)N([C@@H](CO)C(C)C)[C@H](C(=O)N(CC=C)Cn3nnc4ccccc43)[C@]23CC[C@H]1O3)c1ccccc1. The summed E-state index contributed by atoms with van der Waals surface area (Å²) in [6.45, 7) is 12.9. The van der Waals surface area contributed by atoms with Gasteiger partial charge in [0.2, 0.25) is 17.7 Å². The monoisotopic (exact) mass is 712 g/mol. The summed E-state index contributed by atoms with van der Waals surface area (Å²) >= 11 is 0. The van der Waals surface area contributed by atoms with E-state index in [9.17, 15) is 24.3 Å². The van der Waals surface area contributed by atoms with Crippen LogP contribution in [0.25, 0.3) is 11.0 Å². The predicted molar refractivity (Wildman–Crippen MR) is 192 cm³/mol. The minimum absolute atomic E-state index is 0.0280. The lowest BCUT2D eigenvalue weighted by atomic mass is 9.70. The first kappa shape index (κ1) is 36.9. The van der Waals surface area contributed by atoms with E-state index >= 15 is 0 Å². The third kappa shape index (κ3) is 6.63. The van der Waals surface area contributed by atoms with Gasteiger partial charge in [0.15, 0.2) is 0 Å². The summed E-state index contributed by atoms with van der Waals surface area (Å²) in [5.74, 6) is -3.92. The van der Waals surface area contributed by atoms with Gasteiger partial charge in [-0.2, -0.15) is 0 Å². The number of benzene rings is 2. The van der Waals surface area contributed by atoms with Crippen LogP contribution in [0.4, 0.5) is 0 Å². The van der Waals surface area contributed by atoms with Crippen molar-refractivity contribution in [3.8, 4) is 0 Å². The summed E-state index contributed by atoms with van der Waals surface area (Å²) in [7, 11) is 0. The van der Waals surface area contributed by atoms with Gasteiger partial charge in [-0.25, -0.2) is 4.68 Å². The van der Waals surface area contributed by atoms with E-state index in [-0.39, 0.29) is 38.1 Å². The van der Waals surface area contributed by atoms with E-state index < -0.39 is 65.6 Å². The molecule has 276 valence electrons. The Kier molecular flexibility index (Phi) is 10.9. The topological polar surface area (TPSA) is 156 Å². The fraction of sp³-hybridized carbons (Fsp3) is 0.487. The molecule has 3 saturated heterocycles. The van der Waals surface area contributed by atoms with Crippen LogP contribution in [0, 0.1) is 17.8 Å². The second kappa shape index (κ2) is 15.4. The van der Waals surface area contributed by atoms with E-state index in [0.717, 1.165) is 5.52 Å². The van der Waals surface area contributed by atoms with Crippen LogP contribution >= 0.6 is 0 Å². The first-order valence-corrected chi connectivity index (χ1v) is 18.0. The minimum Gasteiger partial charge on any atom is -0.455 e. The number of carbonyl (C=O) groups excluding carboxylic acids is 4. The Bertz CT molecular complexity index is 1810. The lowest BCUT2D eigenvalue weighted by molar-refractivity contribution is -0.163. The van der Waals surface area contributed by atoms with Crippen molar-refractivity contribution >= 4 is 34.7 Å². The van der Waals surface area contributed by atoms with Gasteiger partial charge in [0.1, 0.15) is 29.9 Å². The molecule has 13 nitrogen and oxygen atoms in total. The van der Waals surface area contributed by atoms with Gasteiger partial charge >= 0.3 is 5.97 Å². The van der Waals surface area contributed by atoms with Crippen LogP contribution in [0.1, 0.15) is 58.1 Å². The second-order valence-electron chi connectivity index (χ2n) is 14.3. The minimum atomic E-state index is -1.33. The average molecular weight is 713 g/mol. The summed E-state index contributed by atoms with van der Waals surface area (Å²) in [6, 6.07) is 14.1. The summed E-state index contributed by atoms with van der Waals surface area (Å²) < 4.78 is 14.6. The largest absolute Gasteiger partial charge is 0.455 e. The fourth-order valence-electron chi connectivity index (χ4n) is 8.29. The van der Waals surface area contributed by atoms with Crippen LogP contribution in [0.3, 0.4) is 0 Å². The molecule has 1 aromatic heterocycles.